The zero-order valence-electron chi connectivity index (χ0n) is 14.4. The molecule has 1 heterocycles. The summed E-state index contributed by atoms with van der Waals surface area (Å²) in [7, 11) is 3.19. The molecule has 0 aliphatic heterocycles. The summed E-state index contributed by atoms with van der Waals surface area (Å²) >= 11 is 5.99. The molecule has 0 radical (unpaired) electrons. The first-order valence-electron chi connectivity index (χ1n) is 7.75. The number of benzene rings is 2. The van der Waals surface area contributed by atoms with E-state index in [0.29, 0.717) is 16.7 Å². The first-order chi connectivity index (χ1) is 12.8. The summed E-state index contributed by atoms with van der Waals surface area (Å²) in [6, 6.07) is 8.64. The van der Waals surface area contributed by atoms with Gasteiger partial charge in [0.1, 0.15) is 11.3 Å². The Morgan fingerprint density at radius 3 is 2.67 bits per heavy atom. The average Bonchev–Trinajstić information content (AvgIpc) is 2.65. The molecule has 0 saturated heterocycles. The summed E-state index contributed by atoms with van der Waals surface area (Å²) < 4.78 is 6.90. The first kappa shape index (κ1) is 18.4. The quantitative estimate of drug-likeness (QED) is 0.546. The molecule has 8 nitrogen and oxygen atoms in total. The van der Waals surface area contributed by atoms with Crippen LogP contribution in [0.1, 0.15) is 10.4 Å². The van der Waals surface area contributed by atoms with E-state index in [9.17, 15) is 19.7 Å². The van der Waals surface area contributed by atoms with Crippen molar-refractivity contribution in [2.75, 3.05) is 12.4 Å². The molecule has 0 aliphatic carbocycles. The predicted octanol–water partition coefficient (Wildman–Crippen LogP) is 3.36. The largest absolute Gasteiger partial charge is 0.495 e. The van der Waals surface area contributed by atoms with E-state index in [1.165, 1.54) is 25.4 Å². The normalized spacial score (nSPS) is 10.6. The van der Waals surface area contributed by atoms with Gasteiger partial charge in [0.15, 0.2) is 0 Å². The molecule has 0 aliphatic rings. The summed E-state index contributed by atoms with van der Waals surface area (Å²) in [6.07, 6.45) is 1.40. The molecule has 0 saturated carbocycles. The van der Waals surface area contributed by atoms with Gasteiger partial charge in [-0.1, -0.05) is 17.7 Å². The molecule has 27 heavy (non-hydrogen) atoms. The fourth-order valence-corrected chi connectivity index (χ4v) is 2.99. The third kappa shape index (κ3) is 3.34. The van der Waals surface area contributed by atoms with Crippen molar-refractivity contribution in [3.8, 4) is 5.75 Å². The van der Waals surface area contributed by atoms with Gasteiger partial charge in [0.25, 0.3) is 11.6 Å². The Morgan fingerprint density at radius 1 is 1.30 bits per heavy atom. The van der Waals surface area contributed by atoms with E-state index >= 15 is 0 Å². The van der Waals surface area contributed by atoms with Crippen molar-refractivity contribution >= 4 is 39.8 Å². The van der Waals surface area contributed by atoms with Gasteiger partial charge in [0, 0.05) is 25.4 Å². The number of nitro groups is 1. The van der Waals surface area contributed by atoms with Gasteiger partial charge in [-0.25, -0.2) is 0 Å². The number of ether oxygens (including phenoxy) is 1. The lowest BCUT2D eigenvalue weighted by molar-refractivity contribution is -0.384. The molecule has 1 aromatic heterocycles. The number of nitro benzene ring substituents is 1. The first-order valence-corrected chi connectivity index (χ1v) is 8.13. The molecule has 0 bridgehead atoms. The van der Waals surface area contributed by atoms with E-state index < -0.39 is 16.3 Å². The number of amides is 1. The summed E-state index contributed by atoms with van der Waals surface area (Å²) in [6.45, 7) is 0. The van der Waals surface area contributed by atoms with Crippen LogP contribution >= 0.6 is 11.6 Å². The number of aromatic nitrogens is 1. The maximum Gasteiger partial charge on any atom is 0.271 e. The Balaban J connectivity index is 2.03. The van der Waals surface area contributed by atoms with E-state index in [2.05, 4.69) is 5.32 Å². The number of hydrogen-bond donors (Lipinski definition) is 1. The summed E-state index contributed by atoms with van der Waals surface area (Å²) in [4.78, 5) is 35.5. The number of carbonyl (C=O) groups excluding carboxylic acids is 1. The maximum absolute atomic E-state index is 12.8. The Labute approximate surface area is 158 Å². The minimum Gasteiger partial charge on any atom is -0.495 e. The number of aryl methyl sites for hydroxylation is 1. The Kier molecular flexibility index (Phi) is 4.83. The van der Waals surface area contributed by atoms with Crippen LogP contribution in [-0.4, -0.2) is 22.5 Å². The summed E-state index contributed by atoms with van der Waals surface area (Å²) in [5.41, 5.74) is -0.0214. The van der Waals surface area contributed by atoms with Gasteiger partial charge < -0.3 is 14.6 Å². The van der Waals surface area contributed by atoms with Crippen LogP contribution in [0.2, 0.25) is 5.02 Å². The smallest absolute Gasteiger partial charge is 0.271 e. The molecule has 138 valence electrons. The zero-order chi connectivity index (χ0) is 19.7. The van der Waals surface area contributed by atoms with Crippen LogP contribution in [0.15, 0.2) is 47.4 Å². The fourth-order valence-electron chi connectivity index (χ4n) is 2.77. The third-order valence-electron chi connectivity index (χ3n) is 4.04. The van der Waals surface area contributed by atoms with Gasteiger partial charge in [-0.2, -0.15) is 0 Å². The van der Waals surface area contributed by atoms with Crippen LogP contribution in [0.4, 0.5) is 11.4 Å². The monoisotopic (exact) mass is 387 g/mol. The van der Waals surface area contributed by atoms with E-state index in [4.69, 9.17) is 16.3 Å². The zero-order valence-corrected chi connectivity index (χ0v) is 15.1. The number of methoxy groups -OCH3 is 1. The minimum absolute atomic E-state index is 0.00293. The van der Waals surface area contributed by atoms with Crippen LogP contribution in [0, 0.1) is 10.1 Å². The Bertz CT molecular complexity index is 1140. The molecule has 9 heteroatoms. The van der Waals surface area contributed by atoms with E-state index in [-0.39, 0.29) is 22.0 Å². The lowest BCUT2D eigenvalue weighted by Crippen LogP contribution is -2.23. The summed E-state index contributed by atoms with van der Waals surface area (Å²) in [5.74, 6) is -0.159. The molecule has 3 aromatic rings. The molecule has 0 unspecified atom stereocenters. The highest BCUT2D eigenvalue weighted by atomic mass is 35.5. The van der Waals surface area contributed by atoms with E-state index in [1.54, 1.807) is 29.8 Å². The van der Waals surface area contributed by atoms with Crippen molar-refractivity contribution in [2.45, 2.75) is 0 Å². The van der Waals surface area contributed by atoms with Crippen LogP contribution in [0.25, 0.3) is 10.9 Å². The Morgan fingerprint density at radius 2 is 2.04 bits per heavy atom. The number of anilines is 1. The van der Waals surface area contributed by atoms with Gasteiger partial charge in [-0.3, -0.25) is 19.7 Å². The van der Waals surface area contributed by atoms with Gasteiger partial charge in [-0.05, 0) is 18.2 Å². The van der Waals surface area contributed by atoms with Gasteiger partial charge in [-0.15, -0.1) is 0 Å². The van der Waals surface area contributed by atoms with Crippen molar-refractivity contribution in [3.05, 3.63) is 73.5 Å². The van der Waals surface area contributed by atoms with Crippen LogP contribution in [0.3, 0.4) is 0 Å². The minimum atomic E-state index is -0.670. The average molecular weight is 388 g/mol. The van der Waals surface area contributed by atoms with Crippen molar-refractivity contribution < 1.29 is 14.5 Å². The standard InChI is InChI=1S/C18H14ClN3O5/c1-21-9-12(17(23)11-4-3-5-15(27-2)16(11)21)18(24)20-14-7-6-10(22(25)26)8-13(14)19/h3-9H,1-2H3,(H,20,24). The number of carbonyl (C=O) groups is 1. The molecule has 3 rings (SSSR count). The topological polar surface area (TPSA) is 103 Å². The van der Waals surface area contributed by atoms with Crippen LogP contribution in [0.5, 0.6) is 5.75 Å². The van der Waals surface area contributed by atoms with E-state index in [1.807, 2.05) is 0 Å². The Hall–Kier alpha value is -3.39. The lowest BCUT2D eigenvalue weighted by atomic mass is 10.1. The molecule has 2 aromatic carbocycles. The highest BCUT2D eigenvalue weighted by molar-refractivity contribution is 6.34. The van der Waals surface area contributed by atoms with Gasteiger partial charge in [0.05, 0.1) is 33.6 Å². The van der Waals surface area contributed by atoms with Crippen LogP contribution in [-0.2, 0) is 7.05 Å². The van der Waals surface area contributed by atoms with Crippen molar-refractivity contribution in [2.24, 2.45) is 7.05 Å². The fraction of sp³-hybridized carbons (Fsp3) is 0.111. The third-order valence-corrected chi connectivity index (χ3v) is 4.35. The summed E-state index contributed by atoms with van der Waals surface area (Å²) in [5, 5.41) is 13.6. The number of halogens is 1. The number of para-hydroxylation sites is 1. The van der Waals surface area contributed by atoms with Crippen molar-refractivity contribution in [1.29, 1.82) is 0 Å². The van der Waals surface area contributed by atoms with Crippen LogP contribution < -0.4 is 15.5 Å². The molecule has 1 N–H and O–H groups in total. The molecular formula is C18H14ClN3O5. The number of hydrogen-bond acceptors (Lipinski definition) is 5. The SMILES string of the molecule is COc1cccc2c(=O)c(C(=O)Nc3ccc([N+](=O)[O-])cc3Cl)cn(C)c12. The molecule has 0 atom stereocenters. The molecular weight excluding hydrogens is 374 g/mol. The van der Waals surface area contributed by atoms with Gasteiger partial charge >= 0.3 is 0 Å². The lowest BCUT2D eigenvalue weighted by Gasteiger charge is -2.12. The number of rotatable bonds is 4. The number of fused-ring (bicyclic) bond motifs is 1. The predicted molar refractivity (Wildman–Crippen MR) is 102 cm³/mol. The number of pyridine rings is 1. The number of non-ortho nitro benzene ring substituents is 1. The maximum atomic E-state index is 12.8. The highest BCUT2D eigenvalue weighted by Gasteiger charge is 2.18. The second kappa shape index (κ2) is 7.08. The second-order valence-corrected chi connectivity index (χ2v) is 6.12. The number of nitrogens with one attached hydrogen (secondary N) is 1. The number of nitrogens with zero attached hydrogens (tertiary/aromatic N) is 2. The molecule has 0 spiro atoms. The second-order valence-electron chi connectivity index (χ2n) is 5.71. The van der Waals surface area contributed by atoms with E-state index in [0.717, 1.165) is 6.07 Å². The van der Waals surface area contributed by atoms with Crippen molar-refractivity contribution in [3.63, 3.8) is 0 Å². The van der Waals surface area contributed by atoms with Gasteiger partial charge in [0.2, 0.25) is 5.43 Å². The molecule has 0 fully saturated rings. The molecule has 1 amide bonds. The highest BCUT2D eigenvalue weighted by Crippen LogP contribution is 2.27. The van der Waals surface area contributed by atoms with Crippen molar-refractivity contribution in [1.82, 2.24) is 4.57 Å².